The van der Waals surface area contributed by atoms with E-state index in [1.165, 1.54) is 12.3 Å². The van der Waals surface area contributed by atoms with E-state index < -0.39 is 26.7 Å². The van der Waals surface area contributed by atoms with E-state index in [1.807, 2.05) is 6.92 Å². The number of benzene rings is 2. The molecule has 4 nitrogen and oxygen atoms in total. The van der Waals surface area contributed by atoms with Gasteiger partial charge in [-0.3, -0.25) is 4.72 Å². The number of hydrogen-bond acceptors (Lipinski definition) is 3. The molecule has 2 N–H and O–H groups in total. The summed E-state index contributed by atoms with van der Waals surface area (Å²) >= 11 is 0. The number of halogens is 3. The van der Waals surface area contributed by atoms with Gasteiger partial charge in [-0.1, -0.05) is 25.1 Å². The van der Waals surface area contributed by atoms with Crippen LogP contribution in [-0.4, -0.2) is 14.6 Å². The largest absolute Gasteiger partial charge is 0.416 e. The molecule has 8 heteroatoms. The van der Waals surface area contributed by atoms with Gasteiger partial charge in [-0.05, 0) is 54.4 Å². The first-order valence-electron chi connectivity index (χ1n) is 7.42. The maximum atomic E-state index is 12.8. The van der Waals surface area contributed by atoms with Gasteiger partial charge < -0.3 is 5.41 Å². The summed E-state index contributed by atoms with van der Waals surface area (Å²) in [7, 11) is -4.15. The molecule has 0 unspecified atom stereocenters. The molecule has 1 atom stereocenters. The van der Waals surface area contributed by atoms with Crippen molar-refractivity contribution in [2.45, 2.75) is 30.3 Å². The van der Waals surface area contributed by atoms with Crippen LogP contribution < -0.4 is 4.72 Å². The average molecular weight is 370 g/mol. The van der Waals surface area contributed by atoms with Crippen molar-refractivity contribution in [1.29, 1.82) is 5.41 Å². The molecule has 0 saturated carbocycles. The zero-order chi connectivity index (χ0) is 18.7. The van der Waals surface area contributed by atoms with Crippen LogP contribution >= 0.6 is 0 Å². The van der Waals surface area contributed by atoms with Crippen molar-refractivity contribution in [3.8, 4) is 0 Å². The van der Waals surface area contributed by atoms with E-state index in [0.717, 1.165) is 23.8 Å². The molecule has 0 fully saturated rings. The van der Waals surface area contributed by atoms with E-state index in [-0.39, 0.29) is 11.6 Å². The molecule has 0 saturated heterocycles. The Balaban J connectivity index is 2.30. The average Bonchev–Trinajstić information content (AvgIpc) is 2.54. The molecule has 0 spiro atoms. The van der Waals surface area contributed by atoms with Crippen LogP contribution in [0.2, 0.25) is 0 Å². The second kappa shape index (κ2) is 7.26. The fourth-order valence-corrected chi connectivity index (χ4v) is 3.37. The minimum absolute atomic E-state index is 0.0236. The molecule has 0 aliphatic carbocycles. The Labute approximate surface area is 144 Å². The normalized spacial score (nSPS) is 13.3. The monoisotopic (exact) mass is 370 g/mol. The zero-order valence-corrected chi connectivity index (χ0v) is 14.2. The lowest BCUT2D eigenvalue weighted by Crippen LogP contribution is -2.14. The minimum Gasteiger partial charge on any atom is -0.313 e. The van der Waals surface area contributed by atoms with E-state index in [1.54, 1.807) is 18.2 Å². The van der Waals surface area contributed by atoms with Crippen molar-refractivity contribution < 1.29 is 21.6 Å². The van der Waals surface area contributed by atoms with Crippen molar-refractivity contribution in [3.05, 3.63) is 59.7 Å². The summed E-state index contributed by atoms with van der Waals surface area (Å²) in [6.45, 7) is 1.89. The summed E-state index contributed by atoms with van der Waals surface area (Å²) < 4.78 is 65.3. The summed E-state index contributed by atoms with van der Waals surface area (Å²) in [6.07, 6.45) is -2.85. The van der Waals surface area contributed by atoms with Crippen LogP contribution in [0.3, 0.4) is 0 Å². The molecule has 2 aromatic rings. The Bertz CT molecular complexity index is 864. The van der Waals surface area contributed by atoms with Gasteiger partial charge in [0.2, 0.25) is 0 Å². The SMILES string of the molecule is C[C@@H](CC=N)c1cccc(NS(=O)(=O)c2cccc(C(F)(F)F)c2)c1. The Morgan fingerprint density at radius 1 is 1.16 bits per heavy atom. The third-order valence-corrected chi connectivity index (χ3v) is 5.03. The molecule has 0 aromatic heterocycles. The second-order valence-electron chi connectivity index (χ2n) is 5.60. The van der Waals surface area contributed by atoms with Crippen LogP contribution in [0.5, 0.6) is 0 Å². The van der Waals surface area contributed by atoms with Gasteiger partial charge in [0.15, 0.2) is 0 Å². The maximum Gasteiger partial charge on any atom is 0.416 e. The molecule has 25 heavy (non-hydrogen) atoms. The van der Waals surface area contributed by atoms with Gasteiger partial charge in [-0.2, -0.15) is 13.2 Å². The van der Waals surface area contributed by atoms with E-state index in [2.05, 4.69) is 4.72 Å². The molecule has 134 valence electrons. The van der Waals surface area contributed by atoms with Crippen molar-refractivity contribution in [2.24, 2.45) is 0 Å². The first-order chi connectivity index (χ1) is 11.6. The maximum absolute atomic E-state index is 12.8. The fraction of sp³-hybridized carbons (Fsp3) is 0.235. The number of sulfonamides is 1. The van der Waals surface area contributed by atoms with E-state index in [9.17, 15) is 21.6 Å². The Morgan fingerprint density at radius 2 is 1.84 bits per heavy atom. The molecular formula is C17H17F3N2O2S. The van der Waals surface area contributed by atoms with Gasteiger partial charge in [0.1, 0.15) is 0 Å². The van der Waals surface area contributed by atoms with Crippen molar-refractivity contribution in [1.82, 2.24) is 0 Å². The lowest BCUT2D eigenvalue weighted by atomic mass is 9.98. The predicted octanol–water partition coefficient (Wildman–Crippen LogP) is 4.65. The fourth-order valence-electron chi connectivity index (χ4n) is 2.28. The Morgan fingerprint density at radius 3 is 2.48 bits per heavy atom. The number of nitrogens with one attached hydrogen (secondary N) is 2. The molecular weight excluding hydrogens is 353 g/mol. The quantitative estimate of drug-likeness (QED) is 0.727. The standard InChI is InChI=1S/C17H17F3N2O2S/c1-12(8-9-21)13-4-2-6-15(10-13)22-25(23,24)16-7-3-5-14(11-16)17(18,19)20/h2-7,9-12,21-22H,8H2,1H3/t12-/m0/s1. The highest BCUT2D eigenvalue weighted by molar-refractivity contribution is 7.92. The summed E-state index contributed by atoms with van der Waals surface area (Å²) in [5, 5.41) is 7.13. The lowest BCUT2D eigenvalue weighted by Gasteiger charge is -2.13. The molecule has 2 aromatic carbocycles. The highest BCUT2D eigenvalue weighted by atomic mass is 32.2. The number of alkyl halides is 3. The Kier molecular flexibility index (Phi) is 5.52. The molecule has 0 aliphatic rings. The first-order valence-corrected chi connectivity index (χ1v) is 8.91. The molecule has 0 bridgehead atoms. The van der Waals surface area contributed by atoms with Crippen molar-refractivity contribution >= 4 is 21.9 Å². The van der Waals surface area contributed by atoms with E-state index in [4.69, 9.17) is 5.41 Å². The summed E-state index contributed by atoms with van der Waals surface area (Å²) in [5.74, 6) is 0.0236. The molecule has 0 aliphatic heterocycles. The van der Waals surface area contributed by atoms with Crippen LogP contribution in [0, 0.1) is 5.41 Å². The molecule has 0 heterocycles. The van der Waals surface area contributed by atoms with Gasteiger partial charge in [-0.15, -0.1) is 0 Å². The number of anilines is 1. The molecule has 2 rings (SSSR count). The second-order valence-corrected chi connectivity index (χ2v) is 7.28. The highest BCUT2D eigenvalue weighted by Gasteiger charge is 2.31. The summed E-state index contributed by atoms with van der Waals surface area (Å²) in [4.78, 5) is -0.458. The van der Waals surface area contributed by atoms with Crippen molar-refractivity contribution in [3.63, 3.8) is 0 Å². The van der Waals surface area contributed by atoms with Gasteiger partial charge >= 0.3 is 6.18 Å². The van der Waals surface area contributed by atoms with Crippen LogP contribution in [0.15, 0.2) is 53.4 Å². The van der Waals surface area contributed by atoms with Crippen LogP contribution in [0.4, 0.5) is 18.9 Å². The van der Waals surface area contributed by atoms with Gasteiger partial charge in [0.25, 0.3) is 10.0 Å². The summed E-state index contributed by atoms with van der Waals surface area (Å²) in [6, 6.07) is 10.2. The van der Waals surface area contributed by atoms with E-state index in [0.29, 0.717) is 12.5 Å². The van der Waals surface area contributed by atoms with Gasteiger partial charge in [0.05, 0.1) is 10.5 Å². The van der Waals surface area contributed by atoms with Crippen LogP contribution in [0.1, 0.15) is 30.4 Å². The van der Waals surface area contributed by atoms with Gasteiger partial charge in [-0.25, -0.2) is 8.42 Å². The molecule has 0 radical (unpaired) electrons. The lowest BCUT2D eigenvalue weighted by molar-refractivity contribution is -0.137. The number of rotatable bonds is 6. The van der Waals surface area contributed by atoms with Crippen LogP contribution in [-0.2, 0) is 16.2 Å². The highest BCUT2D eigenvalue weighted by Crippen LogP contribution is 2.31. The Hall–Kier alpha value is -2.35. The molecule has 0 amide bonds. The van der Waals surface area contributed by atoms with Crippen molar-refractivity contribution in [2.75, 3.05) is 4.72 Å². The van der Waals surface area contributed by atoms with Crippen LogP contribution in [0.25, 0.3) is 0 Å². The topological polar surface area (TPSA) is 70.0 Å². The predicted molar refractivity (Wildman–Crippen MR) is 90.5 cm³/mol. The summed E-state index contributed by atoms with van der Waals surface area (Å²) in [5.41, 5.74) is 0.0585. The third kappa shape index (κ3) is 4.82. The first kappa shape index (κ1) is 19.0. The number of hydrogen-bond donors (Lipinski definition) is 2. The smallest absolute Gasteiger partial charge is 0.313 e. The van der Waals surface area contributed by atoms with E-state index >= 15 is 0 Å². The minimum atomic E-state index is -4.62. The zero-order valence-electron chi connectivity index (χ0n) is 13.3. The third-order valence-electron chi connectivity index (χ3n) is 3.65. The van der Waals surface area contributed by atoms with Gasteiger partial charge in [0, 0.05) is 5.69 Å².